The second-order valence-corrected chi connectivity index (χ2v) is 13.9. The Morgan fingerprint density at radius 3 is 2.63 bits per heavy atom. The summed E-state index contributed by atoms with van der Waals surface area (Å²) in [6, 6.07) is 5.84. The highest BCUT2D eigenvalue weighted by Crippen LogP contribution is 2.52. The molecule has 0 aliphatic heterocycles. The molecule has 41 heavy (non-hydrogen) atoms. The lowest BCUT2D eigenvalue weighted by Gasteiger charge is -2.43. The first-order valence-electron chi connectivity index (χ1n) is 12.7. The molecule has 1 aromatic carbocycles. The molecule has 3 aromatic heterocycles. The predicted molar refractivity (Wildman–Crippen MR) is 146 cm³/mol. The van der Waals surface area contributed by atoms with E-state index in [1.54, 1.807) is 30.1 Å². The third kappa shape index (κ3) is 4.92. The van der Waals surface area contributed by atoms with Gasteiger partial charge in [-0.2, -0.15) is 18.3 Å². The van der Waals surface area contributed by atoms with Crippen LogP contribution >= 0.6 is 11.3 Å². The van der Waals surface area contributed by atoms with E-state index < -0.39 is 31.8 Å². The zero-order valence-electron chi connectivity index (χ0n) is 21.8. The molecule has 14 heteroatoms. The first-order valence-corrected chi connectivity index (χ1v) is 15.4. The molecular weight excluding hydrogens is 580 g/mol. The topological polar surface area (TPSA) is 95.6 Å². The van der Waals surface area contributed by atoms with E-state index >= 15 is 0 Å². The highest BCUT2D eigenvalue weighted by Gasteiger charge is 2.50. The summed E-state index contributed by atoms with van der Waals surface area (Å²) in [6.07, 6.45) is 2.47. The Bertz CT molecular complexity index is 1790. The fourth-order valence-electron chi connectivity index (χ4n) is 5.80. The van der Waals surface area contributed by atoms with Crippen LogP contribution in [0.15, 0.2) is 53.7 Å². The average molecular weight is 605 g/mol. The molecule has 4 aromatic rings. The lowest BCUT2D eigenvalue weighted by molar-refractivity contribution is -0.134. The summed E-state index contributed by atoms with van der Waals surface area (Å²) in [5.41, 5.74) is 1.64. The van der Waals surface area contributed by atoms with Crippen LogP contribution in [0.2, 0.25) is 0 Å². The van der Waals surface area contributed by atoms with Crippen LogP contribution in [0.5, 0.6) is 0 Å². The summed E-state index contributed by atoms with van der Waals surface area (Å²) in [5, 5.41) is 8.54. The van der Waals surface area contributed by atoms with Crippen LogP contribution in [0, 0.1) is 17.2 Å². The van der Waals surface area contributed by atoms with Crippen molar-refractivity contribution in [3.8, 4) is 5.69 Å². The van der Waals surface area contributed by atoms with E-state index in [2.05, 4.69) is 26.0 Å². The Labute approximate surface area is 236 Å². The Morgan fingerprint density at radius 2 is 1.98 bits per heavy atom. The van der Waals surface area contributed by atoms with Gasteiger partial charge >= 0.3 is 6.18 Å². The number of hydrogen-bond donors (Lipinski definition) is 0. The molecule has 1 fully saturated rings. The van der Waals surface area contributed by atoms with E-state index in [0.717, 1.165) is 16.8 Å². The van der Waals surface area contributed by atoms with E-state index in [9.17, 15) is 26.6 Å². The number of aryl methyl sites for hydroxylation is 1. The van der Waals surface area contributed by atoms with Crippen molar-refractivity contribution in [1.82, 2.24) is 29.5 Å². The molecule has 6 rings (SSSR count). The molecular formula is C27H24F4N6O2S2. The molecule has 0 saturated heterocycles. The Kier molecular flexibility index (Phi) is 6.53. The monoisotopic (exact) mass is 604 g/mol. The zero-order valence-corrected chi connectivity index (χ0v) is 23.4. The van der Waals surface area contributed by atoms with E-state index in [-0.39, 0.29) is 40.5 Å². The van der Waals surface area contributed by atoms with Gasteiger partial charge in [-0.05, 0) is 73.4 Å². The smallest absolute Gasteiger partial charge is 0.290 e. The Morgan fingerprint density at radius 1 is 1.22 bits per heavy atom. The van der Waals surface area contributed by atoms with Crippen molar-refractivity contribution in [2.75, 3.05) is 5.75 Å². The maximum atomic E-state index is 14.2. The third-order valence-electron chi connectivity index (χ3n) is 7.66. The number of halogens is 4. The molecule has 2 aliphatic rings. The summed E-state index contributed by atoms with van der Waals surface area (Å²) < 4.78 is 70.4. The normalized spacial score (nSPS) is 22.0. The van der Waals surface area contributed by atoms with Crippen molar-refractivity contribution >= 4 is 38.6 Å². The molecule has 0 N–H and O–H groups in total. The molecule has 8 nitrogen and oxygen atoms in total. The van der Waals surface area contributed by atoms with Gasteiger partial charge in [-0.15, -0.1) is 16.4 Å². The molecule has 3 heterocycles. The SMILES string of the molecule is C=S(=O)(CC1CCC2=Cc3c(cnn3-c3ccc(F)cc3)C[C@]2(C(=O)c2ncc(C(F)(F)F)s2)C1)c1ncn(C)n1. The number of nitrogens with zero attached hydrogens (tertiary/aromatic N) is 6. The lowest BCUT2D eigenvalue weighted by atomic mass is 9.60. The van der Waals surface area contributed by atoms with Crippen molar-refractivity contribution in [1.29, 1.82) is 0 Å². The standard InChI is InChI=1S/C27H24F4N6O2S2/c1-36-15-33-25(35-36)41(2,39)14-16-3-4-18-9-21-17(12-34-37(21)20-7-5-19(28)6-8-20)11-26(18,10-16)23(38)24-32-13-22(40-24)27(29,30)31/h5-9,12-13,15-16H,2-4,10-11,14H2,1H3/t16?,26-,41?/m1/s1. The number of ketones is 1. The van der Waals surface area contributed by atoms with E-state index in [1.165, 1.54) is 23.1 Å². The van der Waals surface area contributed by atoms with Gasteiger partial charge in [-0.25, -0.2) is 19.0 Å². The molecule has 214 valence electrons. The van der Waals surface area contributed by atoms with Crippen molar-refractivity contribution in [2.24, 2.45) is 18.4 Å². The number of carbonyl (C=O) groups excluding carboxylic acids is 1. The second-order valence-electron chi connectivity index (χ2n) is 10.5. The maximum Gasteiger partial charge on any atom is 0.427 e. The van der Waals surface area contributed by atoms with Crippen LogP contribution in [-0.2, 0) is 29.2 Å². The third-order valence-corrected chi connectivity index (χ3v) is 10.6. The minimum Gasteiger partial charge on any atom is -0.290 e. The highest BCUT2D eigenvalue weighted by molar-refractivity contribution is 8.00. The summed E-state index contributed by atoms with van der Waals surface area (Å²) in [5.74, 6) is 2.91. The largest absolute Gasteiger partial charge is 0.427 e. The maximum absolute atomic E-state index is 14.2. The van der Waals surface area contributed by atoms with Crippen LogP contribution in [0.25, 0.3) is 11.8 Å². The minimum atomic E-state index is -4.62. The van der Waals surface area contributed by atoms with Gasteiger partial charge in [0.15, 0.2) is 5.01 Å². The minimum absolute atomic E-state index is 0.128. The number of carbonyl (C=O) groups is 1. The Balaban J connectivity index is 1.40. The van der Waals surface area contributed by atoms with Crippen molar-refractivity contribution in [2.45, 2.75) is 37.0 Å². The molecule has 0 radical (unpaired) electrons. The number of aromatic nitrogens is 6. The number of benzene rings is 1. The zero-order chi connectivity index (χ0) is 29.2. The number of rotatable bonds is 6. The average Bonchev–Trinajstić information content (AvgIpc) is 3.67. The number of allylic oxidation sites excluding steroid dienone is 1. The fourth-order valence-corrected chi connectivity index (χ4v) is 8.34. The number of hydrogen-bond acceptors (Lipinski definition) is 7. The molecule has 2 unspecified atom stereocenters. The quantitative estimate of drug-likeness (QED) is 0.175. The summed E-state index contributed by atoms with van der Waals surface area (Å²) in [6.45, 7) is 0. The number of alkyl halides is 3. The van der Waals surface area contributed by atoms with Crippen molar-refractivity contribution in [3.05, 3.63) is 75.5 Å². The van der Waals surface area contributed by atoms with Crippen molar-refractivity contribution in [3.63, 3.8) is 0 Å². The van der Waals surface area contributed by atoms with E-state index in [1.807, 2.05) is 6.08 Å². The van der Waals surface area contributed by atoms with Gasteiger partial charge in [0.05, 0.1) is 29.2 Å². The molecule has 0 bridgehead atoms. The molecule has 0 spiro atoms. The second kappa shape index (κ2) is 9.72. The van der Waals surface area contributed by atoms with Gasteiger partial charge in [-0.1, -0.05) is 5.57 Å². The van der Waals surface area contributed by atoms with Crippen LogP contribution in [0.4, 0.5) is 17.6 Å². The van der Waals surface area contributed by atoms with Gasteiger partial charge in [0.25, 0.3) is 0 Å². The molecule has 0 amide bonds. The van der Waals surface area contributed by atoms with E-state index in [4.69, 9.17) is 0 Å². The summed E-state index contributed by atoms with van der Waals surface area (Å²) in [7, 11) is -1.23. The van der Waals surface area contributed by atoms with Gasteiger partial charge in [0, 0.05) is 22.3 Å². The van der Waals surface area contributed by atoms with Crippen molar-refractivity contribution < 1.29 is 26.6 Å². The van der Waals surface area contributed by atoms with Gasteiger partial charge in [0.2, 0.25) is 10.9 Å². The van der Waals surface area contributed by atoms with E-state index in [0.29, 0.717) is 36.1 Å². The first kappa shape index (κ1) is 27.5. The Hall–Kier alpha value is -3.65. The summed E-state index contributed by atoms with van der Waals surface area (Å²) in [4.78, 5) is 21.2. The number of fused-ring (bicyclic) bond motifs is 2. The number of Topliss-reactive ketones (excluding diaryl/α,β-unsaturated/α-hetero) is 1. The van der Waals surface area contributed by atoms with Crippen LogP contribution in [-0.4, -0.2) is 51.1 Å². The summed E-state index contributed by atoms with van der Waals surface area (Å²) >= 11 is 0.330. The van der Waals surface area contributed by atoms with Gasteiger partial charge < -0.3 is 0 Å². The van der Waals surface area contributed by atoms with Crippen LogP contribution in [0.1, 0.15) is 45.2 Å². The van der Waals surface area contributed by atoms with Gasteiger partial charge in [-0.3, -0.25) is 13.7 Å². The lowest BCUT2D eigenvalue weighted by Crippen LogP contribution is -2.43. The van der Waals surface area contributed by atoms with Crippen LogP contribution in [0.3, 0.4) is 0 Å². The highest BCUT2D eigenvalue weighted by atomic mass is 32.2. The first-order chi connectivity index (χ1) is 19.4. The molecule has 1 saturated carbocycles. The predicted octanol–water partition coefficient (Wildman–Crippen LogP) is 5.00. The fraction of sp³-hybridized carbons (Fsp3) is 0.333. The molecule has 3 atom stereocenters. The molecule has 2 aliphatic carbocycles. The van der Waals surface area contributed by atoms with Gasteiger partial charge in [0.1, 0.15) is 17.0 Å². The van der Waals surface area contributed by atoms with Crippen LogP contribution < -0.4 is 0 Å². The number of thiazole rings is 1.